The lowest BCUT2D eigenvalue weighted by molar-refractivity contribution is 0.154. The number of aromatic nitrogens is 6. The first-order valence-corrected chi connectivity index (χ1v) is 9.70. The van der Waals surface area contributed by atoms with E-state index >= 15 is 0 Å². The number of pyridine rings is 2. The van der Waals surface area contributed by atoms with Gasteiger partial charge in [0.25, 0.3) is 0 Å². The zero-order valence-corrected chi connectivity index (χ0v) is 16.1. The van der Waals surface area contributed by atoms with Gasteiger partial charge in [-0.3, -0.25) is 9.97 Å². The maximum Gasteiger partial charge on any atom is 0.156 e. The molecule has 0 spiro atoms. The van der Waals surface area contributed by atoms with Gasteiger partial charge in [0.15, 0.2) is 5.82 Å². The van der Waals surface area contributed by atoms with Gasteiger partial charge in [0.05, 0.1) is 35.4 Å². The Morgan fingerprint density at radius 1 is 1.03 bits per heavy atom. The zero-order valence-electron chi connectivity index (χ0n) is 16.1. The predicted octanol–water partition coefficient (Wildman–Crippen LogP) is 2.54. The van der Waals surface area contributed by atoms with Crippen molar-refractivity contribution in [3.63, 3.8) is 0 Å². The molecule has 146 valence electrons. The van der Waals surface area contributed by atoms with Crippen LogP contribution in [0.4, 0.5) is 5.82 Å². The van der Waals surface area contributed by atoms with E-state index in [-0.39, 0.29) is 6.10 Å². The number of fused-ring (bicyclic) bond motifs is 1. The first-order valence-electron chi connectivity index (χ1n) is 9.70. The highest BCUT2D eigenvalue weighted by Crippen LogP contribution is 2.24. The van der Waals surface area contributed by atoms with Crippen LogP contribution in [0.15, 0.2) is 49.1 Å². The van der Waals surface area contributed by atoms with Gasteiger partial charge in [0.2, 0.25) is 0 Å². The lowest BCUT2D eigenvalue weighted by atomic mass is 10.1. The smallest absolute Gasteiger partial charge is 0.156 e. The molecule has 8 nitrogen and oxygen atoms in total. The van der Waals surface area contributed by atoms with Crippen LogP contribution in [0, 0.1) is 6.92 Å². The molecule has 0 aliphatic carbocycles. The van der Waals surface area contributed by atoms with Crippen LogP contribution in [0.2, 0.25) is 0 Å². The quantitative estimate of drug-likeness (QED) is 0.577. The van der Waals surface area contributed by atoms with Crippen molar-refractivity contribution in [3.05, 3.63) is 54.7 Å². The van der Waals surface area contributed by atoms with E-state index < -0.39 is 0 Å². The molecule has 1 aliphatic rings. The molecular formula is C21H21N7O. The summed E-state index contributed by atoms with van der Waals surface area (Å²) in [6.07, 6.45) is 8.52. The van der Waals surface area contributed by atoms with Crippen LogP contribution in [0.1, 0.15) is 18.5 Å². The minimum Gasteiger partial charge on any atom is -0.391 e. The van der Waals surface area contributed by atoms with Gasteiger partial charge >= 0.3 is 0 Å². The van der Waals surface area contributed by atoms with Gasteiger partial charge in [-0.05, 0) is 38.0 Å². The van der Waals surface area contributed by atoms with Gasteiger partial charge in [-0.15, -0.1) is 0 Å². The van der Waals surface area contributed by atoms with E-state index in [1.807, 2.05) is 35.9 Å². The van der Waals surface area contributed by atoms with Crippen molar-refractivity contribution in [2.24, 2.45) is 0 Å². The monoisotopic (exact) mass is 387 g/mol. The highest BCUT2D eigenvalue weighted by molar-refractivity contribution is 5.82. The molecule has 1 fully saturated rings. The summed E-state index contributed by atoms with van der Waals surface area (Å²) >= 11 is 0. The number of anilines is 1. The third-order valence-corrected chi connectivity index (χ3v) is 5.13. The second-order valence-corrected chi connectivity index (χ2v) is 7.33. The van der Waals surface area contributed by atoms with Crippen molar-refractivity contribution in [3.8, 4) is 17.2 Å². The van der Waals surface area contributed by atoms with Crippen molar-refractivity contribution in [2.75, 3.05) is 18.0 Å². The fourth-order valence-electron chi connectivity index (χ4n) is 3.70. The summed E-state index contributed by atoms with van der Waals surface area (Å²) in [6, 6.07) is 7.84. The molecule has 4 aromatic rings. The van der Waals surface area contributed by atoms with E-state index in [4.69, 9.17) is 4.98 Å². The molecule has 5 rings (SSSR count). The summed E-state index contributed by atoms with van der Waals surface area (Å²) in [5.41, 5.74) is 3.21. The Morgan fingerprint density at radius 2 is 1.93 bits per heavy atom. The summed E-state index contributed by atoms with van der Waals surface area (Å²) in [5, 5.41) is 15.4. The molecular weight excluding hydrogens is 366 g/mol. The van der Waals surface area contributed by atoms with Gasteiger partial charge in [-0.25, -0.2) is 14.6 Å². The molecule has 0 aromatic carbocycles. The standard InChI is InChI=1S/C21H21N7O/c1-14-9-22-12-18(25-14)17-8-19-15(10-23-17)11-24-28(19)21-6-2-5-20(26-21)27-7-3-4-16(29)13-27/h2,5-6,8-12,16,29H,3-4,7,13H2,1H3. The molecule has 0 bridgehead atoms. The molecule has 5 heterocycles. The van der Waals surface area contributed by atoms with E-state index in [0.29, 0.717) is 6.54 Å². The summed E-state index contributed by atoms with van der Waals surface area (Å²) in [6.45, 7) is 3.41. The van der Waals surface area contributed by atoms with Crippen molar-refractivity contribution >= 4 is 16.7 Å². The summed E-state index contributed by atoms with van der Waals surface area (Å²) in [4.78, 5) is 20.2. The van der Waals surface area contributed by atoms with Crippen molar-refractivity contribution in [1.29, 1.82) is 0 Å². The first kappa shape index (κ1) is 17.7. The van der Waals surface area contributed by atoms with Crippen molar-refractivity contribution in [2.45, 2.75) is 25.9 Å². The molecule has 8 heteroatoms. The van der Waals surface area contributed by atoms with Gasteiger partial charge in [-0.1, -0.05) is 6.07 Å². The van der Waals surface area contributed by atoms with Crippen molar-refractivity contribution in [1.82, 2.24) is 29.7 Å². The van der Waals surface area contributed by atoms with E-state index in [1.165, 1.54) is 0 Å². The Hall–Kier alpha value is -3.39. The summed E-state index contributed by atoms with van der Waals surface area (Å²) in [5.74, 6) is 1.58. The molecule has 1 atom stereocenters. The lowest BCUT2D eigenvalue weighted by Gasteiger charge is -2.31. The number of hydrogen-bond acceptors (Lipinski definition) is 7. The second kappa shape index (κ2) is 7.21. The van der Waals surface area contributed by atoms with Crippen LogP contribution in [0.25, 0.3) is 28.1 Å². The van der Waals surface area contributed by atoms with Crippen LogP contribution in [-0.2, 0) is 0 Å². The van der Waals surface area contributed by atoms with E-state index in [1.54, 1.807) is 24.8 Å². The van der Waals surface area contributed by atoms with Crippen LogP contribution in [0.3, 0.4) is 0 Å². The maximum absolute atomic E-state index is 9.99. The predicted molar refractivity (Wildman–Crippen MR) is 110 cm³/mol. The fraction of sp³-hybridized carbons (Fsp3) is 0.286. The number of aryl methyl sites for hydroxylation is 1. The minimum atomic E-state index is -0.302. The summed E-state index contributed by atoms with van der Waals surface area (Å²) in [7, 11) is 0. The lowest BCUT2D eigenvalue weighted by Crippen LogP contribution is -2.38. The van der Waals surface area contributed by atoms with Crippen LogP contribution >= 0.6 is 0 Å². The van der Waals surface area contributed by atoms with E-state index in [2.05, 4.69) is 25.0 Å². The van der Waals surface area contributed by atoms with E-state index in [9.17, 15) is 5.11 Å². The average Bonchev–Trinajstić information content (AvgIpc) is 3.17. The average molecular weight is 387 g/mol. The van der Waals surface area contributed by atoms with Gasteiger partial charge in [0.1, 0.15) is 11.5 Å². The third-order valence-electron chi connectivity index (χ3n) is 5.13. The molecule has 1 saturated heterocycles. The third kappa shape index (κ3) is 3.42. The second-order valence-electron chi connectivity index (χ2n) is 7.33. The maximum atomic E-state index is 9.99. The number of aliphatic hydroxyl groups excluding tert-OH is 1. The Morgan fingerprint density at radius 3 is 2.79 bits per heavy atom. The SMILES string of the molecule is Cc1cncc(-c2cc3c(cn2)cnn3-c2cccc(N3CCCC(O)C3)n2)n1. The van der Waals surface area contributed by atoms with Gasteiger partial charge < -0.3 is 10.0 Å². The fourth-order valence-corrected chi connectivity index (χ4v) is 3.70. The van der Waals surface area contributed by atoms with Gasteiger partial charge in [0, 0.05) is 30.9 Å². The molecule has 0 amide bonds. The Labute approximate surface area is 167 Å². The molecule has 1 aliphatic heterocycles. The molecule has 1 unspecified atom stereocenters. The summed E-state index contributed by atoms with van der Waals surface area (Å²) < 4.78 is 1.81. The number of nitrogens with zero attached hydrogens (tertiary/aromatic N) is 7. The number of aliphatic hydroxyl groups is 1. The van der Waals surface area contributed by atoms with Gasteiger partial charge in [-0.2, -0.15) is 5.10 Å². The number of piperidine rings is 1. The van der Waals surface area contributed by atoms with Crippen LogP contribution in [0.5, 0.6) is 0 Å². The minimum absolute atomic E-state index is 0.302. The topological polar surface area (TPSA) is 92.9 Å². The molecule has 4 aromatic heterocycles. The molecule has 0 saturated carbocycles. The number of hydrogen-bond donors (Lipinski definition) is 1. The molecule has 29 heavy (non-hydrogen) atoms. The largest absolute Gasteiger partial charge is 0.391 e. The number of β-amino-alcohol motifs (C(OH)–C–C–N with tert-alkyl or cyclic N) is 1. The Balaban J connectivity index is 1.55. The van der Waals surface area contributed by atoms with Crippen molar-refractivity contribution < 1.29 is 5.11 Å². The highest BCUT2D eigenvalue weighted by Gasteiger charge is 2.19. The van der Waals surface area contributed by atoms with Crippen LogP contribution < -0.4 is 4.90 Å². The molecule has 1 N–H and O–H groups in total. The van der Waals surface area contributed by atoms with E-state index in [0.717, 1.165) is 59.0 Å². The Kier molecular flexibility index (Phi) is 4.40. The number of rotatable bonds is 3. The van der Waals surface area contributed by atoms with Crippen LogP contribution in [-0.4, -0.2) is 54.0 Å². The first-order chi connectivity index (χ1) is 14.2. The Bertz CT molecular complexity index is 1170. The highest BCUT2D eigenvalue weighted by atomic mass is 16.3. The molecule has 0 radical (unpaired) electrons. The zero-order chi connectivity index (χ0) is 19.8. The normalized spacial score (nSPS) is 17.0.